The zero-order valence-corrected chi connectivity index (χ0v) is 19.9. The van der Waals surface area contributed by atoms with Gasteiger partial charge in [0.15, 0.2) is 6.10 Å². The second kappa shape index (κ2) is 8.34. The summed E-state index contributed by atoms with van der Waals surface area (Å²) in [5.74, 6) is -0.856. The van der Waals surface area contributed by atoms with E-state index in [0.717, 1.165) is 30.5 Å². The number of benzene rings is 1. The number of nitrogens with one attached hydrogen (secondary N) is 1. The van der Waals surface area contributed by atoms with E-state index in [1.165, 1.54) is 6.07 Å². The minimum Gasteiger partial charge on any atom is -0.480 e. The van der Waals surface area contributed by atoms with Crippen LogP contribution < -0.4 is 14.8 Å². The van der Waals surface area contributed by atoms with Crippen LogP contribution in [0.15, 0.2) is 48.9 Å². The predicted molar refractivity (Wildman–Crippen MR) is 120 cm³/mol. The molecule has 3 aromatic rings. The van der Waals surface area contributed by atoms with Gasteiger partial charge in [0.25, 0.3) is 5.91 Å². The van der Waals surface area contributed by atoms with Crippen LogP contribution in [0.4, 0.5) is 26.3 Å². The van der Waals surface area contributed by atoms with Crippen LogP contribution in [-0.4, -0.2) is 43.8 Å². The zero-order valence-electron chi connectivity index (χ0n) is 19.9. The number of carbonyl (C=O) groups excluding carboxylic acids is 1. The maximum absolute atomic E-state index is 13.0. The smallest absolute Gasteiger partial charge is 0.480 e. The average molecular weight is 554 g/mol. The number of ether oxygens (including phenoxy) is 2. The predicted octanol–water partition coefficient (Wildman–Crippen LogP) is 4.50. The molecule has 3 heterocycles. The number of aliphatic hydroxyl groups excluding tert-OH is 1. The van der Waals surface area contributed by atoms with Gasteiger partial charge in [0.05, 0.1) is 35.3 Å². The summed E-state index contributed by atoms with van der Waals surface area (Å²) in [6, 6.07) is 5.34. The Morgan fingerprint density at radius 3 is 2.49 bits per heavy atom. The Morgan fingerprint density at radius 2 is 1.85 bits per heavy atom. The van der Waals surface area contributed by atoms with E-state index in [-0.39, 0.29) is 23.3 Å². The summed E-state index contributed by atoms with van der Waals surface area (Å²) in [5.41, 5.74) is -0.694. The van der Waals surface area contributed by atoms with Gasteiger partial charge in [-0.2, -0.15) is 18.3 Å². The van der Waals surface area contributed by atoms with Gasteiger partial charge in [-0.1, -0.05) is 0 Å². The van der Waals surface area contributed by atoms with Gasteiger partial charge in [-0.05, 0) is 49.6 Å². The van der Waals surface area contributed by atoms with E-state index in [9.17, 15) is 36.2 Å². The van der Waals surface area contributed by atoms with E-state index in [0.29, 0.717) is 30.5 Å². The molecule has 206 valence electrons. The number of aromatic nitrogens is 3. The molecule has 0 radical (unpaired) electrons. The van der Waals surface area contributed by atoms with Crippen molar-refractivity contribution in [2.24, 2.45) is 0 Å². The number of amides is 1. The zero-order chi connectivity index (χ0) is 27.8. The van der Waals surface area contributed by atoms with Crippen molar-refractivity contribution in [1.82, 2.24) is 20.1 Å². The van der Waals surface area contributed by atoms with E-state index >= 15 is 0 Å². The molecule has 1 amide bonds. The molecule has 3 aliphatic carbocycles. The molecule has 2 bridgehead atoms. The third-order valence-corrected chi connectivity index (χ3v) is 7.42. The van der Waals surface area contributed by atoms with E-state index in [4.69, 9.17) is 4.74 Å². The number of hydrogen-bond donors (Lipinski definition) is 2. The molecule has 2 atom stereocenters. The van der Waals surface area contributed by atoms with Crippen LogP contribution in [0, 0.1) is 0 Å². The number of alkyl halides is 6. The van der Waals surface area contributed by atoms with E-state index in [2.05, 4.69) is 20.1 Å². The Kier molecular flexibility index (Phi) is 5.45. The van der Waals surface area contributed by atoms with Gasteiger partial charge in [-0.3, -0.25) is 14.5 Å². The van der Waals surface area contributed by atoms with Crippen molar-refractivity contribution in [3.8, 4) is 22.8 Å². The number of aliphatic hydroxyl groups is 1. The molecule has 2 N–H and O–H groups in total. The lowest BCUT2D eigenvalue weighted by atomic mass is 9.44. The highest BCUT2D eigenvalue weighted by molar-refractivity contribution is 5.83. The number of halogens is 6. The maximum atomic E-state index is 13.0. The van der Waals surface area contributed by atoms with Crippen LogP contribution in [0.5, 0.6) is 11.5 Å². The molecule has 14 heteroatoms. The number of nitrogens with zero attached hydrogens (tertiary/aromatic N) is 3. The van der Waals surface area contributed by atoms with Gasteiger partial charge in [-0.25, -0.2) is 0 Å². The molecule has 8 nitrogen and oxygen atoms in total. The number of pyridine rings is 1. The molecule has 4 aliphatic rings. The fraction of sp³-hybridized carbons (Fsp3) is 0.400. The standard InChI is InChI=1S/C25H20F6N4O4/c26-24(27,28)14-1-4-19-16(5-14)18(36)6-20(38-19)21(37)34-22-10-23(11-22,12-22)35-9-13(7-33-35)17-3-2-15(8-32-17)39-25(29,30)31/h1-5,7-9,18,20,36H,6,10-12H2,(H,34,37)/t18-,20-,22?,23?/m1/s1. The molecular formula is C25H20F6N4O4. The molecule has 1 aromatic carbocycles. The SMILES string of the molecule is O=C(NC12CC(n3cc(-c4ccc(OC(F)(F)F)cn4)cn3)(C1)C2)[C@H]1C[C@@H](O)c2cc(C(F)(F)F)ccc2O1. The fourth-order valence-electron chi connectivity index (χ4n) is 5.70. The fourth-order valence-corrected chi connectivity index (χ4v) is 5.70. The number of hydrogen-bond acceptors (Lipinski definition) is 6. The van der Waals surface area contributed by atoms with Crippen molar-refractivity contribution >= 4 is 5.91 Å². The van der Waals surface area contributed by atoms with Crippen LogP contribution >= 0.6 is 0 Å². The van der Waals surface area contributed by atoms with Crippen molar-refractivity contribution < 1.29 is 45.7 Å². The van der Waals surface area contributed by atoms with Gasteiger partial charge in [0.2, 0.25) is 0 Å². The van der Waals surface area contributed by atoms with Crippen molar-refractivity contribution in [1.29, 1.82) is 0 Å². The van der Waals surface area contributed by atoms with Crippen molar-refractivity contribution in [3.05, 3.63) is 60.0 Å². The highest BCUT2D eigenvalue weighted by atomic mass is 19.4. The first-order chi connectivity index (χ1) is 18.2. The van der Waals surface area contributed by atoms with Crippen molar-refractivity contribution in [2.45, 2.75) is 61.5 Å². The van der Waals surface area contributed by atoms with E-state index in [1.54, 1.807) is 17.1 Å². The number of carbonyl (C=O) groups is 1. The van der Waals surface area contributed by atoms with E-state index < -0.39 is 47.5 Å². The average Bonchev–Trinajstić information content (AvgIpc) is 3.28. The first-order valence-electron chi connectivity index (χ1n) is 11.9. The van der Waals surface area contributed by atoms with Crippen LogP contribution in [0.3, 0.4) is 0 Å². The topological polar surface area (TPSA) is 98.5 Å². The number of fused-ring (bicyclic) bond motifs is 1. The van der Waals surface area contributed by atoms with E-state index in [1.807, 2.05) is 0 Å². The Bertz CT molecular complexity index is 1420. The Balaban J connectivity index is 1.07. The summed E-state index contributed by atoms with van der Waals surface area (Å²) in [6.45, 7) is 0. The molecule has 1 aliphatic heterocycles. The normalized spacial score (nSPS) is 27.5. The third kappa shape index (κ3) is 4.56. The van der Waals surface area contributed by atoms with Gasteiger partial charge >= 0.3 is 12.5 Å². The van der Waals surface area contributed by atoms with Crippen LogP contribution in [0.1, 0.15) is 42.9 Å². The minimum absolute atomic E-state index is 0.00941. The molecule has 0 spiro atoms. The Morgan fingerprint density at radius 1 is 1.10 bits per heavy atom. The van der Waals surface area contributed by atoms with Gasteiger partial charge in [0, 0.05) is 29.3 Å². The van der Waals surface area contributed by atoms with Gasteiger partial charge < -0.3 is 19.9 Å². The van der Waals surface area contributed by atoms with Crippen molar-refractivity contribution in [2.75, 3.05) is 0 Å². The van der Waals surface area contributed by atoms with Crippen LogP contribution in [-0.2, 0) is 16.5 Å². The summed E-state index contributed by atoms with van der Waals surface area (Å²) >= 11 is 0. The molecule has 7 rings (SSSR count). The Hall–Kier alpha value is -3.81. The maximum Gasteiger partial charge on any atom is 0.573 e. The summed E-state index contributed by atoms with van der Waals surface area (Å²) in [4.78, 5) is 16.9. The van der Waals surface area contributed by atoms with Gasteiger partial charge in [0.1, 0.15) is 11.5 Å². The molecule has 3 saturated carbocycles. The lowest BCUT2D eigenvalue weighted by Crippen LogP contribution is -2.79. The highest BCUT2D eigenvalue weighted by Crippen LogP contribution is 2.65. The second-order valence-corrected chi connectivity index (χ2v) is 10.2. The molecular weight excluding hydrogens is 534 g/mol. The molecule has 0 saturated heterocycles. The third-order valence-electron chi connectivity index (χ3n) is 7.42. The summed E-state index contributed by atoms with van der Waals surface area (Å²) in [5, 5.41) is 17.7. The monoisotopic (exact) mass is 554 g/mol. The summed E-state index contributed by atoms with van der Waals surface area (Å²) in [7, 11) is 0. The van der Waals surface area contributed by atoms with Crippen molar-refractivity contribution in [3.63, 3.8) is 0 Å². The molecule has 0 unspecified atom stereocenters. The molecule has 39 heavy (non-hydrogen) atoms. The first-order valence-corrected chi connectivity index (χ1v) is 11.9. The molecule has 3 fully saturated rings. The first kappa shape index (κ1) is 25.5. The largest absolute Gasteiger partial charge is 0.573 e. The second-order valence-electron chi connectivity index (χ2n) is 10.2. The number of rotatable bonds is 5. The van der Waals surface area contributed by atoms with Crippen LogP contribution in [0.25, 0.3) is 11.3 Å². The lowest BCUT2D eigenvalue weighted by molar-refractivity contribution is -0.274. The summed E-state index contributed by atoms with van der Waals surface area (Å²) < 4.78 is 87.2. The van der Waals surface area contributed by atoms with Crippen LogP contribution in [0.2, 0.25) is 0 Å². The molecule has 2 aromatic heterocycles. The Labute approximate surface area is 216 Å². The quantitative estimate of drug-likeness (QED) is 0.451. The van der Waals surface area contributed by atoms with Gasteiger partial charge in [-0.15, -0.1) is 13.2 Å². The lowest BCUT2D eigenvalue weighted by Gasteiger charge is -2.70. The highest BCUT2D eigenvalue weighted by Gasteiger charge is 2.70. The summed E-state index contributed by atoms with van der Waals surface area (Å²) in [6.07, 6.45) is -5.87. The minimum atomic E-state index is -4.81.